The number of amides is 1. The zero-order valence-corrected chi connectivity index (χ0v) is 8.79. The molecule has 0 aliphatic carbocycles. The summed E-state index contributed by atoms with van der Waals surface area (Å²) in [7, 11) is 0. The highest BCUT2D eigenvalue weighted by Crippen LogP contribution is 2.00. The van der Waals surface area contributed by atoms with Crippen molar-refractivity contribution in [3.05, 3.63) is 46.0 Å². The van der Waals surface area contributed by atoms with E-state index in [4.69, 9.17) is 4.42 Å². The molecule has 1 aromatic rings. The molecule has 15 heavy (non-hydrogen) atoms. The number of carbonyl (C=O) groups is 1. The molecule has 1 heterocycles. The molecule has 0 aliphatic rings. The fourth-order valence-corrected chi connectivity index (χ4v) is 1.08. The van der Waals surface area contributed by atoms with E-state index in [-0.39, 0.29) is 12.5 Å². The van der Waals surface area contributed by atoms with Crippen LogP contribution in [-0.2, 0) is 11.3 Å². The molecular formula is C11H13NO3. The van der Waals surface area contributed by atoms with Crippen LogP contribution in [0.1, 0.15) is 18.2 Å². The summed E-state index contributed by atoms with van der Waals surface area (Å²) in [4.78, 5) is 22.1. The van der Waals surface area contributed by atoms with Crippen LogP contribution in [-0.4, -0.2) is 5.91 Å². The lowest BCUT2D eigenvalue weighted by Gasteiger charge is -2.03. The Balaban J connectivity index is 2.70. The molecule has 0 aromatic carbocycles. The predicted octanol–water partition coefficient (Wildman–Crippen LogP) is 1.14. The Morgan fingerprint density at radius 3 is 2.73 bits per heavy atom. The van der Waals surface area contributed by atoms with Crippen LogP contribution in [0, 0.1) is 6.92 Å². The van der Waals surface area contributed by atoms with E-state index >= 15 is 0 Å². The minimum atomic E-state index is -0.408. The van der Waals surface area contributed by atoms with Gasteiger partial charge in [-0.25, -0.2) is 4.79 Å². The lowest BCUT2D eigenvalue weighted by Crippen LogP contribution is -2.23. The van der Waals surface area contributed by atoms with Crippen LogP contribution >= 0.6 is 0 Å². The van der Waals surface area contributed by atoms with Crippen LogP contribution in [0.2, 0.25) is 0 Å². The molecule has 0 spiro atoms. The zero-order chi connectivity index (χ0) is 11.4. The van der Waals surface area contributed by atoms with Gasteiger partial charge in [-0.15, -0.1) is 0 Å². The maximum absolute atomic E-state index is 11.2. The summed E-state index contributed by atoms with van der Waals surface area (Å²) in [5.41, 5.74) is 0.824. The normalized spacial score (nSPS) is 9.73. The topological polar surface area (TPSA) is 59.3 Å². The van der Waals surface area contributed by atoms with Crippen LogP contribution in [0.5, 0.6) is 0 Å². The van der Waals surface area contributed by atoms with Crippen molar-refractivity contribution >= 4 is 5.91 Å². The zero-order valence-electron chi connectivity index (χ0n) is 8.79. The largest absolute Gasteiger partial charge is 0.426 e. The summed E-state index contributed by atoms with van der Waals surface area (Å²) in [6, 6.07) is 3.10. The Kier molecular flexibility index (Phi) is 3.44. The maximum Gasteiger partial charge on any atom is 0.336 e. The van der Waals surface area contributed by atoms with E-state index in [0.717, 1.165) is 5.56 Å². The van der Waals surface area contributed by atoms with Crippen LogP contribution in [0.3, 0.4) is 0 Å². The highest BCUT2D eigenvalue weighted by atomic mass is 16.4. The Morgan fingerprint density at radius 2 is 2.20 bits per heavy atom. The van der Waals surface area contributed by atoms with Gasteiger partial charge >= 0.3 is 5.63 Å². The van der Waals surface area contributed by atoms with Crippen molar-refractivity contribution in [2.45, 2.75) is 20.4 Å². The molecule has 1 aromatic heterocycles. The van der Waals surface area contributed by atoms with Gasteiger partial charge in [0.25, 0.3) is 0 Å². The van der Waals surface area contributed by atoms with Crippen LogP contribution in [0.4, 0.5) is 0 Å². The monoisotopic (exact) mass is 207 g/mol. The van der Waals surface area contributed by atoms with Crippen LogP contribution < -0.4 is 10.9 Å². The second-order valence-electron chi connectivity index (χ2n) is 3.38. The van der Waals surface area contributed by atoms with Gasteiger partial charge in [0.05, 0.1) is 6.54 Å². The number of nitrogens with one attached hydrogen (secondary N) is 1. The van der Waals surface area contributed by atoms with E-state index in [9.17, 15) is 9.59 Å². The van der Waals surface area contributed by atoms with Gasteiger partial charge in [0, 0.05) is 11.6 Å². The van der Waals surface area contributed by atoms with E-state index in [2.05, 4.69) is 11.9 Å². The van der Waals surface area contributed by atoms with E-state index in [1.165, 1.54) is 6.07 Å². The minimum Gasteiger partial charge on any atom is -0.426 e. The van der Waals surface area contributed by atoms with Crippen LogP contribution in [0.15, 0.2) is 33.5 Å². The molecule has 1 rings (SSSR count). The van der Waals surface area contributed by atoms with E-state index in [1.54, 1.807) is 19.9 Å². The molecule has 0 bridgehead atoms. The Bertz CT molecular complexity index is 445. The minimum absolute atomic E-state index is 0.197. The third kappa shape index (κ3) is 3.42. The van der Waals surface area contributed by atoms with Crippen molar-refractivity contribution in [1.29, 1.82) is 0 Å². The molecule has 0 saturated heterocycles. The molecule has 80 valence electrons. The highest BCUT2D eigenvalue weighted by Gasteiger charge is 2.03. The quantitative estimate of drug-likeness (QED) is 0.756. The molecule has 0 aliphatic heterocycles. The van der Waals surface area contributed by atoms with Crippen molar-refractivity contribution in [2.24, 2.45) is 0 Å². The van der Waals surface area contributed by atoms with E-state index in [1.807, 2.05) is 0 Å². The highest BCUT2D eigenvalue weighted by molar-refractivity contribution is 5.91. The second kappa shape index (κ2) is 4.59. The first-order valence-corrected chi connectivity index (χ1v) is 4.53. The first-order chi connectivity index (χ1) is 6.99. The fourth-order valence-electron chi connectivity index (χ4n) is 1.08. The average Bonchev–Trinajstić information content (AvgIpc) is 2.12. The van der Waals surface area contributed by atoms with Gasteiger partial charge in [-0.05, 0) is 25.5 Å². The lowest BCUT2D eigenvalue weighted by molar-refractivity contribution is -0.117. The predicted molar refractivity (Wildman–Crippen MR) is 56.4 cm³/mol. The molecule has 0 atom stereocenters. The van der Waals surface area contributed by atoms with Crippen molar-refractivity contribution in [3.8, 4) is 0 Å². The SMILES string of the molecule is C=C(C)C(=O)NCc1cc(C)cc(=O)o1. The van der Waals surface area contributed by atoms with Gasteiger partial charge in [0.15, 0.2) is 0 Å². The smallest absolute Gasteiger partial charge is 0.336 e. The molecule has 0 radical (unpaired) electrons. The molecule has 0 unspecified atom stereocenters. The first kappa shape index (κ1) is 11.2. The summed E-state index contributed by atoms with van der Waals surface area (Å²) in [6.07, 6.45) is 0. The van der Waals surface area contributed by atoms with Gasteiger partial charge in [-0.3, -0.25) is 4.79 Å². The fraction of sp³-hybridized carbons (Fsp3) is 0.273. The molecule has 0 fully saturated rings. The summed E-state index contributed by atoms with van der Waals surface area (Å²) < 4.78 is 4.89. The summed E-state index contributed by atoms with van der Waals surface area (Å²) in [5.74, 6) is 0.189. The molecule has 1 N–H and O–H groups in total. The summed E-state index contributed by atoms with van der Waals surface area (Å²) in [6.45, 7) is 7.10. The van der Waals surface area contributed by atoms with Gasteiger partial charge in [-0.1, -0.05) is 6.58 Å². The molecular weight excluding hydrogens is 194 g/mol. The summed E-state index contributed by atoms with van der Waals surface area (Å²) in [5, 5.41) is 2.58. The number of hydrogen-bond acceptors (Lipinski definition) is 3. The molecule has 4 heteroatoms. The van der Waals surface area contributed by atoms with Gasteiger partial charge in [0.1, 0.15) is 5.76 Å². The van der Waals surface area contributed by atoms with Crippen LogP contribution in [0.25, 0.3) is 0 Å². The average molecular weight is 207 g/mol. The standard InChI is InChI=1S/C11H13NO3/c1-7(2)11(14)12-6-9-4-8(3)5-10(13)15-9/h4-5H,1,6H2,2-3H3,(H,12,14). The molecule has 0 saturated carbocycles. The van der Waals surface area contributed by atoms with Gasteiger partial charge in [0.2, 0.25) is 5.91 Å². The van der Waals surface area contributed by atoms with E-state index < -0.39 is 5.63 Å². The van der Waals surface area contributed by atoms with Crippen molar-refractivity contribution in [1.82, 2.24) is 5.32 Å². The second-order valence-corrected chi connectivity index (χ2v) is 3.38. The lowest BCUT2D eigenvalue weighted by atomic mass is 10.2. The third-order valence-corrected chi connectivity index (χ3v) is 1.78. The van der Waals surface area contributed by atoms with Crippen molar-refractivity contribution in [3.63, 3.8) is 0 Å². The number of aryl methyl sites for hydroxylation is 1. The maximum atomic E-state index is 11.2. The molecule has 4 nitrogen and oxygen atoms in total. The number of hydrogen-bond donors (Lipinski definition) is 1. The Hall–Kier alpha value is -1.84. The van der Waals surface area contributed by atoms with Crippen molar-refractivity contribution in [2.75, 3.05) is 0 Å². The third-order valence-electron chi connectivity index (χ3n) is 1.78. The summed E-state index contributed by atoms with van der Waals surface area (Å²) >= 11 is 0. The Labute approximate surface area is 87.6 Å². The first-order valence-electron chi connectivity index (χ1n) is 4.53. The number of rotatable bonds is 3. The molecule has 1 amide bonds. The Morgan fingerprint density at radius 1 is 1.53 bits per heavy atom. The number of carbonyl (C=O) groups excluding carboxylic acids is 1. The van der Waals surface area contributed by atoms with Gasteiger partial charge < -0.3 is 9.73 Å². The van der Waals surface area contributed by atoms with E-state index in [0.29, 0.717) is 11.3 Å². The van der Waals surface area contributed by atoms with Crippen molar-refractivity contribution < 1.29 is 9.21 Å². The van der Waals surface area contributed by atoms with Gasteiger partial charge in [-0.2, -0.15) is 0 Å².